The van der Waals surface area contributed by atoms with Crippen LogP contribution in [0, 0.1) is 12.8 Å². The van der Waals surface area contributed by atoms with Crippen molar-refractivity contribution in [1.82, 2.24) is 4.57 Å². The first-order chi connectivity index (χ1) is 19.6. The van der Waals surface area contributed by atoms with Crippen LogP contribution in [0.1, 0.15) is 21.9 Å². The lowest BCUT2D eigenvalue weighted by atomic mass is 9.83. The van der Waals surface area contributed by atoms with E-state index in [2.05, 4.69) is 5.32 Å². The maximum Gasteiger partial charge on any atom is 0.308 e. The number of hydrogen-bond acceptors (Lipinski definition) is 7. The van der Waals surface area contributed by atoms with Crippen molar-refractivity contribution in [3.8, 4) is 5.75 Å². The molecule has 0 aliphatic carbocycles. The minimum absolute atomic E-state index is 0.0539. The lowest BCUT2D eigenvalue weighted by molar-refractivity contribution is -0.122. The van der Waals surface area contributed by atoms with E-state index in [1.165, 1.54) is 33.7 Å². The number of amides is 3. The number of carbonyl (C=O) groups is 3. The lowest BCUT2D eigenvalue weighted by Gasteiger charge is -2.31. The highest BCUT2D eigenvalue weighted by atomic mass is 35.5. The molecule has 3 amide bonds. The molecule has 2 aliphatic heterocycles. The van der Waals surface area contributed by atoms with Crippen molar-refractivity contribution in [2.75, 3.05) is 10.2 Å². The number of thiazole rings is 1. The molecule has 0 spiro atoms. The van der Waals surface area contributed by atoms with Crippen LogP contribution in [0.25, 0.3) is 0 Å². The van der Waals surface area contributed by atoms with Crippen molar-refractivity contribution in [2.45, 2.75) is 29.7 Å². The maximum atomic E-state index is 14.0. The fourth-order valence-electron chi connectivity index (χ4n) is 5.19. The van der Waals surface area contributed by atoms with Crippen LogP contribution in [0.3, 0.4) is 0 Å². The smallest absolute Gasteiger partial charge is 0.308 e. The predicted molar refractivity (Wildman–Crippen MR) is 160 cm³/mol. The quantitative estimate of drug-likeness (QED) is 0.219. The van der Waals surface area contributed by atoms with Crippen molar-refractivity contribution in [2.24, 2.45) is 5.92 Å². The average Bonchev–Trinajstić information content (AvgIpc) is 3.38. The molecule has 0 radical (unpaired) electrons. The molecule has 1 aromatic heterocycles. The Labute approximate surface area is 252 Å². The van der Waals surface area contributed by atoms with Gasteiger partial charge in [0.1, 0.15) is 17.5 Å². The van der Waals surface area contributed by atoms with Gasteiger partial charge in [-0.15, -0.1) is 0 Å². The fourth-order valence-corrected chi connectivity index (χ4v) is 8.38. The number of aromatic hydroxyl groups is 1. The molecule has 0 bridgehead atoms. The summed E-state index contributed by atoms with van der Waals surface area (Å²) in [7, 11) is 0. The van der Waals surface area contributed by atoms with E-state index in [9.17, 15) is 24.3 Å². The Morgan fingerprint density at radius 1 is 0.976 bits per heavy atom. The van der Waals surface area contributed by atoms with Crippen molar-refractivity contribution >= 4 is 75.4 Å². The van der Waals surface area contributed by atoms with E-state index in [1.54, 1.807) is 30.3 Å². The second-order valence-corrected chi connectivity index (χ2v) is 12.7. The van der Waals surface area contributed by atoms with Gasteiger partial charge in [-0.05, 0) is 55.0 Å². The Bertz CT molecular complexity index is 1770. The summed E-state index contributed by atoms with van der Waals surface area (Å²) < 4.78 is 1.33. The highest BCUT2D eigenvalue weighted by molar-refractivity contribution is 8.00. The Morgan fingerprint density at radius 3 is 2.39 bits per heavy atom. The molecule has 41 heavy (non-hydrogen) atoms. The van der Waals surface area contributed by atoms with Crippen molar-refractivity contribution in [3.05, 3.63) is 102 Å². The molecule has 208 valence electrons. The van der Waals surface area contributed by atoms with Gasteiger partial charge in [-0.25, -0.2) is 4.90 Å². The molecule has 2 N–H and O–H groups in total. The van der Waals surface area contributed by atoms with Crippen LogP contribution in [-0.2, 0) is 20.9 Å². The molecular weight excluding hydrogens is 605 g/mol. The van der Waals surface area contributed by atoms with Crippen LogP contribution in [0.15, 0.2) is 76.6 Å². The van der Waals surface area contributed by atoms with E-state index < -0.39 is 33.8 Å². The highest BCUT2D eigenvalue weighted by Crippen LogP contribution is 2.55. The number of imide groups is 1. The summed E-state index contributed by atoms with van der Waals surface area (Å²) in [4.78, 5) is 55.4. The number of rotatable bonds is 5. The molecule has 2 aliphatic rings. The number of carbonyl (C=O) groups excluding carboxylic acids is 3. The lowest BCUT2D eigenvalue weighted by Crippen LogP contribution is -2.33. The molecule has 4 aromatic rings. The van der Waals surface area contributed by atoms with E-state index in [0.29, 0.717) is 26.8 Å². The molecule has 12 heteroatoms. The fraction of sp³-hybridized carbons (Fsp3) is 0.172. The summed E-state index contributed by atoms with van der Waals surface area (Å²) in [5, 5.41) is 12.3. The standard InChI is InChI=1S/C29H21Cl2N3O5S2/c1-14-5-9-16(10-6-14)34-26(37)22-21(18-3-2-4-19(30)23(18)31)25-28(40-24(22)27(34)38)33(29(39)41-25)13-20(36)32-15-7-11-17(35)12-8-15/h2-12,21-22,24,35H,13H2,1H3,(H,32,36). The molecule has 8 nitrogen and oxygen atoms in total. The largest absolute Gasteiger partial charge is 0.508 e. The van der Waals surface area contributed by atoms with Gasteiger partial charge in [0, 0.05) is 16.5 Å². The van der Waals surface area contributed by atoms with Gasteiger partial charge in [0.05, 0.1) is 26.7 Å². The van der Waals surface area contributed by atoms with Gasteiger partial charge in [-0.1, -0.05) is 76.1 Å². The molecular formula is C29H21Cl2N3O5S2. The number of fused-ring (bicyclic) bond motifs is 2. The van der Waals surface area contributed by atoms with Crippen molar-refractivity contribution < 1.29 is 19.5 Å². The number of benzene rings is 3. The molecule has 3 unspecified atom stereocenters. The van der Waals surface area contributed by atoms with E-state index in [0.717, 1.165) is 28.7 Å². The molecule has 3 aromatic carbocycles. The van der Waals surface area contributed by atoms with Gasteiger partial charge in [0.25, 0.3) is 0 Å². The van der Waals surface area contributed by atoms with Crippen LogP contribution in [-0.4, -0.2) is 32.6 Å². The van der Waals surface area contributed by atoms with Crippen LogP contribution in [0.5, 0.6) is 5.75 Å². The Kier molecular flexibility index (Phi) is 7.19. The number of phenolic OH excluding ortho intramolecular Hbond substituents is 1. The number of hydrogen-bond donors (Lipinski definition) is 2. The summed E-state index contributed by atoms with van der Waals surface area (Å²) >= 11 is 15.1. The summed E-state index contributed by atoms with van der Waals surface area (Å²) in [6, 6.07) is 18.2. The van der Waals surface area contributed by atoms with E-state index >= 15 is 0 Å². The number of nitrogens with one attached hydrogen (secondary N) is 1. The molecule has 3 atom stereocenters. The highest BCUT2D eigenvalue weighted by Gasteiger charge is 2.57. The minimum Gasteiger partial charge on any atom is -0.508 e. The maximum absolute atomic E-state index is 14.0. The molecule has 3 heterocycles. The first-order valence-electron chi connectivity index (χ1n) is 12.5. The SMILES string of the molecule is Cc1ccc(N2C(=O)C3Sc4c(sc(=O)n4CC(=O)Nc4ccc(O)cc4)C(c4cccc(Cl)c4Cl)C3C2=O)cc1. The zero-order valence-electron chi connectivity index (χ0n) is 21.3. The topological polar surface area (TPSA) is 109 Å². The third kappa shape index (κ3) is 4.84. The molecule has 1 saturated heterocycles. The van der Waals surface area contributed by atoms with Crippen LogP contribution in [0.4, 0.5) is 11.4 Å². The average molecular weight is 627 g/mol. The summed E-state index contributed by atoms with van der Waals surface area (Å²) in [6.07, 6.45) is 0. The Balaban J connectivity index is 1.43. The molecule has 6 rings (SSSR count). The minimum atomic E-state index is -0.850. The van der Waals surface area contributed by atoms with Crippen molar-refractivity contribution in [1.29, 1.82) is 0 Å². The van der Waals surface area contributed by atoms with Gasteiger partial charge >= 0.3 is 4.87 Å². The van der Waals surface area contributed by atoms with Crippen LogP contribution in [0.2, 0.25) is 10.0 Å². The number of thioether (sulfide) groups is 1. The number of nitrogens with zero attached hydrogens (tertiary/aromatic N) is 2. The predicted octanol–water partition coefficient (Wildman–Crippen LogP) is 5.67. The van der Waals surface area contributed by atoms with Crippen LogP contribution >= 0.6 is 46.3 Å². The van der Waals surface area contributed by atoms with Crippen molar-refractivity contribution in [3.63, 3.8) is 0 Å². The second-order valence-electron chi connectivity index (χ2n) is 9.75. The normalized spacial score (nSPS) is 19.7. The number of aryl methyl sites for hydroxylation is 1. The summed E-state index contributed by atoms with van der Waals surface area (Å²) in [5.74, 6) is -2.77. The zero-order valence-corrected chi connectivity index (χ0v) is 24.5. The third-order valence-corrected chi connectivity index (χ3v) is 10.5. The second kappa shape index (κ2) is 10.7. The Hall–Kier alpha value is -3.57. The Morgan fingerprint density at radius 2 is 1.68 bits per heavy atom. The molecule has 0 saturated carbocycles. The summed E-state index contributed by atoms with van der Waals surface area (Å²) in [5.41, 5.74) is 2.43. The number of halogens is 2. The monoisotopic (exact) mass is 625 g/mol. The zero-order chi connectivity index (χ0) is 29.0. The third-order valence-electron chi connectivity index (χ3n) is 7.11. The first-order valence-corrected chi connectivity index (χ1v) is 15.0. The first kappa shape index (κ1) is 27.6. The van der Waals surface area contributed by atoms with Crippen LogP contribution < -0.4 is 15.1 Å². The van der Waals surface area contributed by atoms with Gasteiger partial charge in [-0.3, -0.25) is 23.7 Å². The van der Waals surface area contributed by atoms with Gasteiger partial charge in [-0.2, -0.15) is 0 Å². The number of anilines is 2. The van der Waals surface area contributed by atoms with E-state index in [4.69, 9.17) is 23.2 Å². The van der Waals surface area contributed by atoms with Gasteiger partial charge < -0.3 is 10.4 Å². The number of aromatic nitrogens is 1. The van der Waals surface area contributed by atoms with E-state index in [1.807, 2.05) is 19.1 Å². The molecule has 1 fully saturated rings. The van der Waals surface area contributed by atoms with E-state index in [-0.39, 0.29) is 28.2 Å². The number of phenols is 1. The van der Waals surface area contributed by atoms with Gasteiger partial charge in [0.15, 0.2) is 0 Å². The van der Waals surface area contributed by atoms with Gasteiger partial charge in [0.2, 0.25) is 17.7 Å². The summed E-state index contributed by atoms with van der Waals surface area (Å²) in [6.45, 7) is 1.61.